The second kappa shape index (κ2) is 9.23. The molecule has 1 amide bonds. The quantitative estimate of drug-likeness (QED) is 0.502. The molecule has 1 atom stereocenters. The van der Waals surface area contributed by atoms with Gasteiger partial charge in [-0.05, 0) is 82.1 Å². The van der Waals surface area contributed by atoms with Crippen molar-refractivity contribution in [3.05, 3.63) is 50.3 Å². The van der Waals surface area contributed by atoms with Gasteiger partial charge in [-0.1, -0.05) is 12.1 Å². The molecule has 0 unspecified atom stereocenters. The van der Waals surface area contributed by atoms with E-state index in [1.54, 1.807) is 23.4 Å². The van der Waals surface area contributed by atoms with Crippen molar-refractivity contribution in [2.75, 3.05) is 24.6 Å². The van der Waals surface area contributed by atoms with Crippen molar-refractivity contribution in [3.8, 4) is 11.5 Å². The Bertz CT molecular complexity index is 1350. The molecule has 0 spiro atoms. The fourth-order valence-corrected chi connectivity index (χ4v) is 4.76. The van der Waals surface area contributed by atoms with E-state index in [2.05, 4.69) is 20.9 Å². The van der Waals surface area contributed by atoms with Crippen LogP contribution in [0, 0.1) is 6.92 Å². The summed E-state index contributed by atoms with van der Waals surface area (Å²) in [5.41, 5.74) is 0.926. The van der Waals surface area contributed by atoms with Crippen LogP contribution in [0.5, 0.6) is 0 Å². The van der Waals surface area contributed by atoms with Gasteiger partial charge in [0.1, 0.15) is 11.1 Å². The lowest BCUT2D eigenvalue weighted by molar-refractivity contribution is 0.0145. The molecule has 4 rings (SSSR count). The van der Waals surface area contributed by atoms with E-state index in [4.69, 9.17) is 9.15 Å². The van der Waals surface area contributed by atoms with Crippen LogP contribution in [0.2, 0.25) is 0 Å². The highest BCUT2D eigenvalue weighted by atomic mass is 79.9. The molecule has 1 aliphatic rings. The molecule has 36 heavy (non-hydrogen) atoms. The first-order valence-corrected chi connectivity index (χ1v) is 12.8. The standard InChI is InChI=1S/C26H33BrN4O5/c1-15-14-29(12-13-30(15)24(33)36-25(3,4)5)31-16(2)19(27)20-21(23(31)32)35-22(28-20)17-8-10-18(11-9-17)26(6,7)34/h8-11,15,34H,12-14H2,1-7H3/t15-/m1/s1. The maximum absolute atomic E-state index is 13.6. The average Bonchev–Trinajstić information content (AvgIpc) is 3.22. The molecular weight excluding hydrogens is 528 g/mol. The molecule has 1 saturated heterocycles. The Hall–Kier alpha value is -2.85. The number of oxazole rings is 1. The van der Waals surface area contributed by atoms with Crippen LogP contribution < -0.4 is 10.6 Å². The van der Waals surface area contributed by atoms with Crippen molar-refractivity contribution in [1.29, 1.82) is 0 Å². The van der Waals surface area contributed by atoms with E-state index in [1.165, 1.54) is 0 Å². The minimum absolute atomic E-state index is 0.149. The van der Waals surface area contributed by atoms with Gasteiger partial charge in [-0.3, -0.25) is 4.79 Å². The third-order valence-corrected chi connectivity index (χ3v) is 7.16. The number of rotatable bonds is 3. The number of ether oxygens (including phenoxy) is 1. The van der Waals surface area contributed by atoms with Gasteiger partial charge in [0, 0.05) is 12.1 Å². The fourth-order valence-electron chi connectivity index (χ4n) is 4.32. The molecule has 10 heteroatoms. The van der Waals surface area contributed by atoms with Crippen LogP contribution in [0.3, 0.4) is 0 Å². The van der Waals surface area contributed by atoms with Gasteiger partial charge in [-0.2, -0.15) is 0 Å². The topological polar surface area (TPSA) is 101 Å². The Kier molecular flexibility index (Phi) is 6.72. The van der Waals surface area contributed by atoms with E-state index in [-0.39, 0.29) is 23.3 Å². The van der Waals surface area contributed by atoms with Crippen molar-refractivity contribution >= 4 is 33.1 Å². The van der Waals surface area contributed by atoms with Gasteiger partial charge in [0.2, 0.25) is 11.5 Å². The van der Waals surface area contributed by atoms with Crippen molar-refractivity contribution in [2.45, 2.75) is 65.7 Å². The molecule has 3 heterocycles. The molecule has 9 nitrogen and oxygen atoms in total. The monoisotopic (exact) mass is 560 g/mol. The molecule has 1 aliphatic heterocycles. The molecule has 0 radical (unpaired) electrons. The molecule has 0 aliphatic carbocycles. The minimum atomic E-state index is -0.960. The third-order valence-electron chi connectivity index (χ3n) is 6.21. The molecule has 0 saturated carbocycles. The number of nitrogens with zero attached hydrogens (tertiary/aromatic N) is 4. The van der Waals surface area contributed by atoms with Crippen LogP contribution in [-0.4, -0.2) is 57.0 Å². The Morgan fingerprint density at radius 1 is 1.17 bits per heavy atom. The lowest BCUT2D eigenvalue weighted by Crippen LogP contribution is -2.60. The lowest BCUT2D eigenvalue weighted by atomic mass is 9.97. The second-order valence-corrected chi connectivity index (χ2v) is 11.6. The van der Waals surface area contributed by atoms with E-state index in [0.29, 0.717) is 46.8 Å². The highest BCUT2D eigenvalue weighted by Gasteiger charge is 2.33. The van der Waals surface area contributed by atoms with Crippen LogP contribution >= 0.6 is 15.9 Å². The van der Waals surface area contributed by atoms with Gasteiger partial charge in [-0.25, -0.2) is 14.5 Å². The first-order valence-electron chi connectivity index (χ1n) is 12.0. The van der Waals surface area contributed by atoms with Gasteiger partial charge >= 0.3 is 11.7 Å². The molecule has 194 valence electrons. The number of fused-ring (bicyclic) bond motifs is 1. The number of aromatic nitrogens is 2. The zero-order valence-corrected chi connectivity index (χ0v) is 23.3. The Morgan fingerprint density at radius 2 is 1.81 bits per heavy atom. The highest BCUT2D eigenvalue weighted by molar-refractivity contribution is 9.10. The average molecular weight is 561 g/mol. The number of carbonyl (C=O) groups excluding carboxylic acids is 1. The van der Waals surface area contributed by atoms with E-state index in [1.807, 2.05) is 63.9 Å². The van der Waals surface area contributed by atoms with Crippen molar-refractivity contribution in [2.24, 2.45) is 0 Å². The van der Waals surface area contributed by atoms with Gasteiger partial charge in [-0.15, -0.1) is 0 Å². The lowest BCUT2D eigenvalue weighted by Gasteiger charge is -2.41. The van der Waals surface area contributed by atoms with E-state index >= 15 is 0 Å². The number of pyridine rings is 1. The number of hydrogen-bond acceptors (Lipinski definition) is 7. The summed E-state index contributed by atoms with van der Waals surface area (Å²) in [5.74, 6) is 0.324. The molecule has 3 aromatic rings. The van der Waals surface area contributed by atoms with Crippen LogP contribution in [0.4, 0.5) is 4.79 Å². The number of benzene rings is 1. The summed E-state index contributed by atoms with van der Waals surface area (Å²) in [6.07, 6.45) is -0.356. The van der Waals surface area contributed by atoms with E-state index in [9.17, 15) is 14.7 Å². The minimum Gasteiger partial charge on any atom is -0.444 e. The number of piperazine rings is 1. The number of amides is 1. The fraction of sp³-hybridized carbons (Fsp3) is 0.500. The van der Waals surface area contributed by atoms with Crippen LogP contribution in [0.1, 0.15) is 52.8 Å². The molecule has 2 aromatic heterocycles. The summed E-state index contributed by atoms with van der Waals surface area (Å²) in [7, 11) is 0. The molecule has 0 bridgehead atoms. The van der Waals surface area contributed by atoms with Crippen LogP contribution in [0.15, 0.2) is 37.9 Å². The molecular formula is C26H33BrN4O5. The summed E-state index contributed by atoms with van der Waals surface area (Å²) in [4.78, 5) is 32.5. The van der Waals surface area contributed by atoms with Gasteiger partial charge in [0.25, 0.3) is 0 Å². The second-order valence-electron chi connectivity index (χ2n) is 10.8. The van der Waals surface area contributed by atoms with Crippen LogP contribution in [0.25, 0.3) is 22.6 Å². The Morgan fingerprint density at radius 3 is 2.36 bits per heavy atom. The predicted molar refractivity (Wildman–Crippen MR) is 142 cm³/mol. The Balaban J connectivity index is 1.66. The highest BCUT2D eigenvalue weighted by Crippen LogP contribution is 2.31. The van der Waals surface area contributed by atoms with E-state index in [0.717, 1.165) is 5.56 Å². The largest absolute Gasteiger partial charge is 0.444 e. The Labute approximate surface area is 218 Å². The van der Waals surface area contributed by atoms with Crippen molar-refractivity contribution in [3.63, 3.8) is 0 Å². The normalized spacial score (nSPS) is 17.1. The summed E-state index contributed by atoms with van der Waals surface area (Å²) >= 11 is 3.61. The summed E-state index contributed by atoms with van der Waals surface area (Å²) < 4.78 is 13.8. The maximum Gasteiger partial charge on any atom is 0.410 e. The number of hydrogen-bond donors (Lipinski definition) is 1. The number of halogens is 1. The van der Waals surface area contributed by atoms with E-state index < -0.39 is 11.2 Å². The van der Waals surface area contributed by atoms with Crippen LogP contribution in [-0.2, 0) is 10.3 Å². The zero-order valence-electron chi connectivity index (χ0n) is 21.8. The first kappa shape index (κ1) is 26.2. The summed E-state index contributed by atoms with van der Waals surface area (Å²) in [6.45, 7) is 14.1. The SMILES string of the molecule is Cc1c(Br)c2nc(-c3ccc(C(C)(C)O)cc3)oc2c(=O)n1N1CCN(C(=O)OC(C)(C)C)[C@H](C)C1. The van der Waals surface area contributed by atoms with Gasteiger partial charge < -0.3 is 24.2 Å². The molecule has 1 N–H and O–H groups in total. The smallest absolute Gasteiger partial charge is 0.410 e. The van der Waals surface area contributed by atoms with Crippen molar-refractivity contribution in [1.82, 2.24) is 14.6 Å². The first-order chi connectivity index (χ1) is 16.7. The summed E-state index contributed by atoms with van der Waals surface area (Å²) in [6, 6.07) is 7.10. The maximum atomic E-state index is 13.6. The molecule has 1 aromatic carbocycles. The predicted octanol–water partition coefficient (Wildman–Crippen LogP) is 4.53. The van der Waals surface area contributed by atoms with Crippen molar-refractivity contribution < 1.29 is 19.1 Å². The van der Waals surface area contributed by atoms with Gasteiger partial charge in [0.05, 0.1) is 34.9 Å². The number of carbonyl (C=O) groups is 1. The number of aliphatic hydroxyl groups is 1. The molecule has 1 fully saturated rings. The third kappa shape index (κ3) is 5.01. The summed E-state index contributed by atoms with van der Waals surface area (Å²) in [5, 5.41) is 12.1. The van der Waals surface area contributed by atoms with Gasteiger partial charge in [0.15, 0.2) is 0 Å². The zero-order chi connectivity index (χ0) is 26.6.